The molecule has 76 valence electrons. The lowest BCUT2D eigenvalue weighted by molar-refractivity contribution is 0.400. The predicted molar refractivity (Wildman–Crippen MR) is 55.4 cm³/mol. The van der Waals surface area contributed by atoms with Crippen molar-refractivity contribution in [2.75, 3.05) is 12.3 Å². The molecule has 0 amide bonds. The standard InChI is InChI=1S/C11H15FN2/c12-10-7-8(13)4-5-9(10)11-3-1-2-6-14-11/h4-5,7,11,14H,1-3,6,13H2/t11-/m0/s1. The van der Waals surface area contributed by atoms with Crippen LogP contribution >= 0.6 is 0 Å². The summed E-state index contributed by atoms with van der Waals surface area (Å²) in [5.74, 6) is -0.190. The molecule has 0 aliphatic carbocycles. The highest BCUT2D eigenvalue weighted by Gasteiger charge is 2.17. The number of hydrogen-bond acceptors (Lipinski definition) is 2. The summed E-state index contributed by atoms with van der Waals surface area (Å²) in [6.45, 7) is 0.981. The molecule has 1 atom stereocenters. The van der Waals surface area contributed by atoms with Gasteiger partial charge in [0.25, 0.3) is 0 Å². The second-order valence-corrected chi connectivity index (χ2v) is 3.78. The van der Waals surface area contributed by atoms with Gasteiger partial charge in [0, 0.05) is 17.3 Å². The summed E-state index contributed by atoms with van der Waals surface area (Å²) < 4.78 is 13.5. The number of nitrogens with one attached hydrogen (secondary N) is 1. The molecule has 1 saturated heterocycles. The van der Waals surface area contributed by atoms with Crippen LogP contribution in [-0.4, -0.2) is 6.54 Å². The molecule has 2 rings (SSSR count). The molecule has 1 aromatic rings. The highest BCUT2D eigenvalue weighted by atomic mass is 19.1. The summed E-state index contributed by atoms with van der Waals surface area (Å²) in [6, 6.07) is 5.11. The van der Waals surface area contributed by atoms with Gasteiger partial charge in [-0.15, -0.1) is 0 Å². The van der Waals surface area contributed by atoms with Crippen LogP contribution in [0.1, 0.15) is 30.9 Å². The van der Waals surface area contributed by atoms with E-state index >= 15 is 0 Å². The molecule has 3 N–H and O–H groups in total. The minimum atomic E-state index is -0.190. The van der Waals surface area contributed by atoms with Gasteiger partial charge in [-0.2, -0.15) is 0 Å². The summed E-state index contributed by atoms with van der Waals surface area (Å²) in [5.41, 5.74) is 6.73. The van der Waals surface area contributed by atoms with E-state index in [-0.39, 0.29) is 11.9 Å². The Kier molecular flexibility index (Phi) is 2.68. The van der Waals surface area contributed by atoms with Crippen molar-refractivity contribution in [3.63, 3.8) is 0 Å². The Morgan fingerprint density at radius 3 is 2.86 bits per heavy atom. The molecule has 0 radical (unpaired) electrons. The van der Waals surface area contributed by atoms with Crippen molar-refractivity contribution < 1.29 is 4.39 Å². The third kappa shape index (κ3) is 1.87. The first kappa shape index (κ1) is 9.46. The molecule has 1 aromatic carbocycles. The second kappa shape index (κ2) is 3.96. The molecular weight excluding hydrogens is 179 g/mol. The first-order valence-electron chi connectivity index (χ1n) is 5.05. The molecular formula is C11H15FN2. The van der Waals surface area contributed by atoms with Crippen LogP contribution < -0.4 is 11.1 Å². The maximum absolute atomic E-state index is 13.5. The molecule has 0 bridgehead atoms. The third-order valence-electron chi connectivity index (χ3n) is 2.71. The zero-order chi connectivity index (χ0) is 9.97. The van der Waals surface area contributed by atoms with E-state index in [2.05, 4.69) is 5.32 Å². The largest absolute Gasteiger partial charge is 0.399 e. The lowest BCUT2D eigenvalue weighted by Crippen LogP contribution is -2.27. The van der Waals surface area contributed by atoms with E-state index in [1.807, 2.05) is 0 Å². The van der Waals surface area contributed by atoms with Crippen LogP contribution in [0.5, 0.6) is 0 Å². The van der Waals surface area contributed by atoms with Crippen molar-refractivity contribution in [1.82, 2.24) is 5.32 Å². The summed E-state index contributed by atoms with van der Waals surface area (Å²) in [5, 5.41) is 3.31. The highest BCUT2D eigenvalue weighted by Crippen LogP contribution is 2.25. The maximum atomic E-state index is 13.5. The van der Waals surface area contributed by atoms with Gasteiger partial charge in [0.1, 0.15) is 5.82 Å². The fourth-order valence-corrected chi connectivity index (χ4v) is 1.94. The molecule has 3 heteroatoms. The van der Waals surface area contributed by atoms with Crippen molar-refractivity contribution in [3.05, 3.63) is 29.6 Å². The number of piperidine rings is 1. The molecule has 1 fully saturated rings. The Morgan fingerprint density at radius 2 is 2.21 bits per heavy atom. The van der Waals surface area contributed by atoms with Crippen molar-refractivity contribution in [1.29, 1.82) is 0 Å². The summed E-state index contributed by atoms with van der Waals surface area (Å²) in [6.07, 6.45) is 3.37. The van der Waals surface area contributed by atoms with Gasteiger partial charge in [-0.3, -0.25) is 0 Å². The van der Waals surface area contributed by atoms with Crippen LogP contribution in [0.3, 0.4) is 0 Å². The minimum Gasteiger partial charge on any atom is -0.399 e. The molecule has 1 aliphatic heterocycles. The van der Waals surface area contributed by atoms with Gasteiger partial charge in [-0.1, -0.05) is 12.5 Å². The number of benzene rings is 1. The van der Waals surface area contributed by atoms with Gasteiger partial charge in [0.05, 0.1) is 0 Å². The molecule has 1 heterocycles. The molecule has 0 unspecified atom stereocenters. The molecule has 14 heavy (non-hydrogen) atoms. The van der Waals surface area contributed by atoms with Crippen molar-refractivity contribution in [3.8, 4) is 0 Å². The normalized spacial score (nSPS) is 22.2. The summed E-state index contributed by atoms with van der Waals surface area (Å²) >= 11 is 0. The van der Waals surface area contributed by atoms with Crippen molar-refractivity contribution in [2.24, 2.45) is 0 Å². The van der Waals surface area contributed by atoms with E-state index in [9.17, 15) is 4.39 Å². The summed E-state index contributed by atoms with van der Waals surface area (Å²) in [7, 11) is 0. The monoisotopic (exact) mass is 194 g/mol. The van der Waals surface area contributed by atoms with Crippen LogP contribution in [0.4, 0.5) is 10.1 Å². The van der Waals surface area contributed by atoms with E-state index in [1.165, 1.54) is 18.9 Å². The maximum Gasteiger partial charge on any atom is 0.130 e. The zero-order valence-corrected chi connectivity index (χ0v) is 8.09. The van der Waals surface area contributed by atoms with E-state index in [0.29, 0.717) is 5.69 Å². The van der Waals surface area contributed by atoms with Crippen LogP contribution in [-0.2, 0) is 0 Å². The minimum absolute atomic E-state index is 0.171. The van der Waals surface area contributed by atoms with Gasteiger partial charge >= 0.3 is 0 Å². The van der Waals surface area contributed by atoms with E-state index in [0.717, 1.165) is 18.5 Å². The number of halogens is 1. The first-order chi connectivity index (χ1) is 6.77. The Hall–Kier alpha value is -1.09. The van der Waals surface area contributed by atoms with E-state index < -0.39 is 0 Å². The van der Waals surface area contributed by atoms with Crippen LogP contribution in [0, 0.1) is 5.82 Å². The van der Waals surface area contributed by atoms with Gasteiger partial charge in [-0.25, -0.2) is 4.39 Å². The van der Waals surface area contributed by atoms with Gasteiger partial charge in [-0.05, 0) is 31.5 Å². The van der Waals surface area contributed by atoms with Crippen LogP contribution in [0.15, 0.2) is 18.2 Å². The Bertz CT molecular complexity index is 319. The third-order valence-corrected chi connectivity index (χ3v) is 2.71. The van der Waals surface area contributed by atoms with Crippen molar-refractivity contribution >= 4 is 5.69 Å². The number of nitrogens with two attached hydrogens (primary N) is 1. The fourth-order valence-electron chi connectivity index (χ4n) is 1.94. The van der Waals surface area contributed by atoms with Crippen LogP contribution in [0.25, 0.3) is 0 Å². The number of nitrogen functional groups attached to an aromatic ring is 1. The lowest BCUT2D eigenvalue weighted by Gasteiger charge is -2.24. The first-order valence-corrected chi connectivity index (χ1v) is 5.05. The van der Waals surface area contributed by atoms with Crippen LogP contribution in [0.2, 0.25) is 0 Å². The number of hydrogen-bond donors (Lipinski definition) is 2. The number of anilines is 1. The lowest BCUT2D eigenvalue weighted by atomic mass is 9.97. The number of rotatable bonds is 1. The fraction of sp³-hybridized carbons (Fsp3) is 0.455. The average Bonchev–Trinajstić information content (AvgIpc) is 2.19. The smallest absolute Gasteiger partial charge is 0.130 e. The topological polar surface area (TPSA) is 38.0 Å². The molecule has 0 spiro atoms. The zero-order valence-electron chi connectivity index (χ0n) is 8.09. The van der Waals surface area contributed by atoms with Gasteiger partial charge in [0.15, 0.2) is 0 Å². The second-order valence-electron chi connectivity index (χ2n) is 3.78. The molecule has 2 nitrogen and oxygen atoms in total. The SMILES string of the molecule is Nc1ccc([C@@H]2CCCCN2)c(F)c1. The Labute approximate surface area is 83.3 Å². The van der Waals surface area contributed by atoms with E-state index in [4.69, 9.17) is 5.73 Å². The molecule has 1 aliphatic rings. The predicted octanol–water partition coefficient (Wildman–Crippen LogP) is 2.22. The average molecular weight is 194 g/mol. The Morgan fingerprint density at radius 1 is 1.36 bits per heavy atom. The molecule has 0 saturated carbocycles. The highest BCUT2D eigenvalue weighted by molar-refractivity contribution is 5.41. The quantitative estimate of drug-likeness (QED) is 0.673. The van der Waals surface area contributed by atoms with Gasteiger partial charge in [0.2, 0.25) is 0 Å². The summed E-state index contributed by atoms with van der Waals surface area (Å²) in [4.78, 5) is 0. The Balaban J connectivity index is 2.22. The molecule has 0 aromatic heterocycles. The van der Waals surface area contributed by atoms with Gasteiger partial charge < -0.3 is 11.1 Å². The van der Waals surface area contributed by atoms with E-state index in [1.54, 1.807) is 12.1 Å². The van der Waals surface area contributed by atoms with Crippen molar-refractivity contribution in [2.45, 2.75) is 25.3 Å².